The molecule has 1 heterocycles. The molecule has 0 spiro atoms. The van der Waals surface area contributed by atoms with Gasteiger partial charge in [-0.25, -0.2) is 8.42 Å². The fourth-order valence-corrected chi connectivity index (χ4v) is 3.40. The minimum atomic E-state index is -3.68. The molecule has 1 aromatic heterocycles. The van der Waals surface area contributed by atoms with E-state index in [9.17, 15) is 8.42 Å². The maximum absolute atomic E-state index is 12.5. The van der Waals surface area contributed by atoms with Crippen LogP contribution in [0.25, 0.3) is 0 Å². The normalized spacial score (nSPS) is 11.9. The third kappa shape index (κ3) is 3.18. The summed E-state index contributed by atoms with van der Waals surface area (Å²) in [4.78, 5) is 0.192. The Bertz CT molecular complexity index is 763. The summed E-state index contributed by atoms with van der Waals surface area (Å²) in [7, 11) is -3.68. The van der Waals surface area contributed by atoms with Gasteiger partial charge in [0.25, 0.3) is 10.0 Å². The Balaban J connectivity index is 2.38. The van der Waals surface area contributed by atoms with Crippen molar-refractivity contribution < 1.29 is 8.42 Å². The van der Waals surface area contributed by atoms with Crippen molar-refractivity contribution in [2.45, 2.75) is 38.6 Å². The molecule has 0 fully saturated rings. The number of sulfonamides is 1. The van der Waals surface area contributed by atoms with Gasteiger partial charge in [-0.15, -0.1) is 0 Å². The van der Waals surface area contributed by atoms with Gasteiger partial charge >= 0.3 is 0 Å². The first-order valence-electron chi connectivity index (χ1n) is 6.64. The molecular weight excluding hydrogens is 288 g/mol. The lowest BCUT2D eigenvalue weighted by Crippen LogP contribution is -2.15. The zero-order chi connectivity index (χ0) is 15.8. The monoisotopic (exact) mass is 308 g/mol. The Kier molecular flexibility index (Phi) is 3.95. The van der Waals surface area contributed by atoms with E-state index in [0.29, 0.717) is 16.9 Å². The molecule has 2 aromatic rings. The van der Waals surface area contributed by atoms with Crippen molar-refractivity contribution in [3.63, 3.8) is 0 Å². The van der Waals surface area contributed by atoms with Crippen LogP contribution < -0.4 is 10.5 Å². The fourth-order valence-electron chi connectivity index (χ4n) is 2.02. The van der Waals surface area contributed by atoms with E-state index in [4.69, 9.17) is 5.73 Å². The highest BCUT2D eigenvalue weighted by atomic mass is 32.2. The number of hydrogen-bond donors (Lipinski definition) is 2. The number of nitrogen functional groups attached to an aromatic ring is 1. The summed E-state index contributed by atoms with van der Waals surface area (Å²) < 4.78 is 29.2. The number of rotatable bonds is 4. The number of hydrogen-bond acceptors (Lipinski definition) is 4. The van der Waals surface area contributed by atoms with Crippen molar-refractivity contribution in [2.24, 2.45) is 0 Å². The molecule has 0 atom stereocenters. The van der Waals surface area contributed by atoms with Crippen LogP contribution in [0.15, 0.2) is 29.4 Å². The van der Waals surface area contributed by atoms with Crippen molar-refractivity contribution in [3.05, 3.63) is 35.7 Å². The molecule has 0 unspecified atom stereocenters. The van der Waals surface area contributed by atoms with E-state index in [-0.39, 0.29) is 10.9 Å². The summed E-state index contributed by atoms with van der Waals surface area (Å²) in [5.41, 5.74) is 8.14. The zero-order valence-corrected chi connectivity index (χ0v) is 13.4. The Morgan fingerprint density at radius 1 is 1.29 bits per heavy atom. The number of nitrogens with one attached hydrogen (secondary N) is 1. The fraction of sp³-hybridized carbons (Fsp3) is 0.357. The molecule has 0 saturated heterocycles. The van der Waals surface area contributed by atoms with Gasteiger partial charge in [0.1, 0.15) is 0 Å². The smallest absolute Gasteiger partial charge is 0.262 e. The first-order chi connectivity index (χ1) is 9.70. The molecule has 0 aliphatic rings. The number of aryl methyl sites for hydroxylation is 1. The number of aromatic nitrogens is 2. The summed E-state index contributed by atoms with van der Waals surface area (Å²) >= 11 is 0. The van der Waals surface area contributed by atoms with Gasteiger partial charge in [-0.3, -0.25) is 9.40 Å². The summed E-state index contributed by atoms with van der Waals surface area (Å²) in [6, 6.07) is 3.39. The minimum Gasteiger partial charge on any atom is -0.399 e. The molecule has 114 valence electrons. The van der Waals surface area contributed by atoms with Crippen LogP contribution in [0.4, 0.5) is 11.4 Å². The summed E-state index contributed by atoms with van der Waals surface area (Å²) in [6.45, 7) is 7.54. The average molecular weight is 308 g/mol. The second kappa shape index (κ2) is 5.40. The number of nitrogens with two attached hydrogens (primary N) is 1. The Hall–Kier alpha value is -2.02. The van der Waals surface area contributed by atoms with Crippen molar-refractivity contribution in [1.82, 2.24) is 9.78 Å². The van der Waals surface area contributed by atoms with Crippen molar-refractivity contribution in [3.8, 4) is 0 Å². The van der Waals surface area contributed by atoms with Gasteiger partial charge < -0.3 is 5.73 Å². The van der Waals surface area contributed by atoms with E-state index in [1.54, 1.807) is 23.9 Å². The minimum absolute atomic E-state index is 0.166. The quantitative estimate of drug-likeness (QED) is 0.849. The van der Waals surface area contributed by atoms with Crippen molar-refractivity contribution in [2.75, 3.05) is 10.5 Å². The highest BCUT2D eigenvalue weighted by molar-refractivity contribution is 7.92. The van der Waals surface area contributed by atoms with E-state index < -0.39 is 10.0 Å². The van der Waals surface area contributed by atoms with Gasteiger partial charge in [0.05, 0.1) is 16.8 Å². The zero-order valence-electron chi connectivity index (χ0n) is 12.6. The highest BCUT2D eigenvalue weighted by Crippen LogP contribution is 2.24. The summed E-state index contributed by atoms with van der Waals surface area (Å²) in [6.07, 6.45) is 3.16. The van der Waals surface area contributed by atoms with Crippen LogP contribution in [-0.4, -0.2) is 18.2 Å². The maximum atomic E-state index is 12.5. The SMILES string of the molecule is Cc1cc(N)cc(S(=O)(=O)Nc2cnn(C(C)C)c2)c1C. The van der Waals surface area contributed by atoms with Crippen molar-refractivity contribution in [1.29, 1.82) is 0 Å². The third-order valence-corrected chi connectivity index (χ3v) is 4.82. The van der Waals surface area contributed by atoms with Gasteiger partial charge in [-0.2, -0.15) is 5.10 Å². The molecule has 0 amide bonds. The van der Waals surface area contributed by atoms with Crippen LogP contribution in [0.2, 0.25) is 0 Å². The topological polar surface area (TPSA) is 90.0 Å². The molecule has 3 N–H and O–H groups in total. The van der Waals surface area contributed by atoms with Gasteiger partial charge in [0.2, 0.25) is 0 Å². The highest BCUT2D eigenvalue weighted by Gasteiger charge is 2.19. The lowest BCUT2D eigenvalue weighted by molar-refractivity contribution is 0.532. The van der Waals surface area contributed by atoms with Gasteiger partial charge in [0.15, 0.2) is 0 Å². The van der Waals surface area contributed by atoms with Crippen LogP contribution in [0.1, 0.15) is 31.0 Å². The molecule has 0 saturated carbocycles. The molecule has 0 aliphatic heterocycles. The molecule has 0 aliphatic carbocycles. The molecule has 6 nitrogen and oxygen atoms in total. The van der Waals surface area contributed by atoms with E-state index >= 15 is 0 Å². The second-order valence-electron chi connectivity index (χ2n) is 5.37. The number of anilines is 2. The number of benzene rings is 1. The summed E-state index contributed by atoms with van der Waals surface area (Å²) in [5, 5.41) is 4.12. The lowest BCUT2D eigenvalue weighted by atomic mass is 10.1. The number of nitrogens with zero attached hydrogens (tertiary/aromatic N) is 2. The van der Waals surface area contributed by atoms with Crippen LogP contribution in [0.5, 0.6) is 0 Å². The largest absolute Gasteiger partial charge is 0.399 e. The molecule has 0 bridgehead atoms. The molecule has 1 aromatic carbocycles. The molecule has 2 rings (SSSR count). The van der Waals surface area contributed by atoms with Crippen LogP contribution >= 0.6 is 0 Å². The maximum Gasteiger partial charge on any atom is 0.262 e. The van der Waals surface area contributed by atoms with Gasteiger partial charge in [0, 0.05) is 17.9 Å². The van der Waals surface area contributed by atoms with Gasteiger partial charge in [-0.05, 0) is 51.0 Å². The average Bonchev–Trinajstić information content (AvgIpc) is 2.81. The molecule has 7 heteroatoms. The first kappa shape index (κ1) is 15.4. The molecular formula is C14H20N4O2S. The van der Waals surface area contributed by atoms with Crippen molar-refractivity contribution >= 4 is 21.4 Å². The third-order valence-electron chi connectivity index (χ3n) is 3.31. The van der Waals surface area contributed by atoms with E-state index in [1.165, 1.54) is 12.3 Å². The standard InChI is InChI=1S/C14H20N4O2S/c1-9(2)18-8-13(7-16-18)17-21(19,20)14-6-12(15)5-10(3)11(14)4/h5-9,17H,15H2,1-4H3. The van der Waals surface area contributed by atoms with Crippen LogP contribution in [-0.2, 0) is 10.0 Å². The molecule has 21 heavy (non-hydrogen) atoms. The Morgan fingerprint density at radius 2 is 1.95 bits per heavy atom. The first-order valence-corrected chi connectivity index (χ1v) is 8.12. The van der Waals surface area contributed by atoms with E-state index in [0.717, 1.165) is 5.56 Å². The Morgan fingerprint density at radius 3 is 2.52 bits per heavy atom. The Labute approximate surface area is 125 Å². The second-order valence-corrected chi connectivity index (χ2v) is 7.02. The van der Waals surface area contributed by atoms with Gasteiger partial charge in [-0.1, -0.05) is 0 Å². The lowest BCUT2D eigenvalue weighted by Gasteiger charge is -2.12. The molecule has 0 radical (unpaired) electrons. The summed E-state index contributed by atoms with van der Waals surface area (Å²) in [5.74, 6) is 0. The predicted octanol–water partition coefficient (Wildman–Crippen LogP) is 2.46. The van der Waals surface area contributed by atoms with E-state index in [1.807, 2.05) is 20.8 Å². The van der Waals surface area contributed by atoms with Crippen LogP contribution in [0, 0.1) is 13.8 Å². The van der Waals surface area contributed by atoms with E-state index in [2.05, 4.69) is 9.82 Å². The predicted molar refractivity (Wildman–Crippen MR) is 83.7 cm³/mol. The van der Waals surface area contributed by atoms with Crippen LogP contribution in [0.3, 0.4) is 0 Å².